The van der Waals surface area contributed by atoms with Gasteiger partial charge in [0, 0.05) is 10.7 Å². The van der Waals surface area contributed by atoms with Crippen LogP contribution in [0.5, 0.6) is 0 Å². The fraction of sp³-hybridized carbons (Fsp3) is 0.0625. The second kappa shape index (κ2) is 6.25. The Morgan fingerprint density at radius 2 is 1.68 bits per heavy atom. The maximum Gasteiger partial charge on any atom is 0.213 e. The average molecular weight is 397 g/mol. The number of rotatable bonds is 3. The molecule has 6 nitrogen and oxygen atoms in total. The summed E-state index contributed by atoms with van der Waals surface area (Å²) in [6, 6.07) is 11.0. The van der Waals surface area contributed by atoms with E-state index in [9.17, 15) is 8.42 Å². The molecule has 9 heteroatoms. The van der Waals surface area contributed by atoms with Gasteiger partial charge in [0.05, 0.1) is 21.3 Å². The van der Waals surface area contributed by atoms with Gasteiger partial charge in [-0.1, -0.05) is 23.2 Å². The fourth-order valence-corrected chi connectivity index (χ4v) is 4.65. The first-order valence-electron chi connectivity index (χ1n) is 7.13. The zero-order chi connectivity index (χ0) is 18.4. The van der Waals surface area contributed by atoms with Crippen molar-refractivity contribution < 1.29 is 8.42 Å². The minimum Gasteiger partial charge on any atom is -0.399 e. The predicted octanol–water partition coefficient (Wildman–Crippen LogP) is 3.48. The molecule has 0 bridgehead atoms. The van der Waals surface area contributed by atoms with E-state index in [0.29, 0.717) is 10.7 Å². The zero-order valence-electron chi connectivity index (χ0n) is 13.1. The van der Waals surface area contributed by atoms with E-state index in [-0.39, 0.29) is 32.0 Å². The molecule has 0 saturated carbocycles. The van der Waals surface area contributed by atoms with Crippen LogP contribution in [0.2, 0.25) is 10.0 Å². The summed E-state index contributed by atoms with van der Waals surface area (Å²) in [6.45, 7) is 1.57. The van der Waals surface area contributed by atoms with E-state index >= 15 is 0 Å². The van der Waals surface area contributed by atoms with E-state index in [1.807, 2.05) is 0 Å². The Morgan fingerprint density at radius 1 is 1.04 bits per heavy atom. The van der Waals surface area contributed by atoms with Crippen LogP contribution in [0.1, 0.15) is 5.69 Å². The third-order valence-corrected chi connectivity index (χ3v) is 6.28. The van der Waals surface area contributed by atoms with E-state index in [2.05, 4.69) is 5.10 Å². The molecular formula is C16H14Cl2N4O2S. The van der Waals surface area contributed by atoms with Gasteiger partial charge in [-0.2, -0.15) is 5.10 Å². The van der Waals surface area contributed by atoms with Crippen LogP contribution < -0.4 is 11.5 Å². The number of nitrogens with zero attached hydrogens (tertiary/aromatic N) is 2. The van der Waals surface area contributed by atoms with E-state index in [4.69, 9.17) is 34.7 Å². The van der Waals surface area contributed by atoms with Crippen LogP contribution in [0.4, 0.5) is 11.5 Å². The molecule has 4 N–H and O–H groups in total. The maximum absolute atomic E-state index is 13.1. The number of aryl methyl sites for hydroxylation is 1. The van der Waals surface area contributed by atoms with Crippen molar-refractivity contribution in [2.75, 3.05) is 11.5 Å². The molecule has 1 aromatic heterocycles. The van der Waals surface area contributed by atoms with E-state index in [1.165, 1.54) is 22.9 Å². The summed E-state index contributed by atoms with van der Waals surface area (Å²) in [4.78, 5) is -0.213. The van der Waals surface area contributed by atoms with Gasteiger partial charge in [-0.25, -0.2) is 13.1 Å². The van der Waals surface area contributed by atoms with Crippen LogP contribution in [0.3, 0.4) is 0 Å². The fourth-order valence-electron chi connectivity index (χ4n) is 2.48. The molecule has 3 aromatic rings. The van der Waals surface area contributed by atoms with Crippen LogP contribution >= 0.6 is 23.2 Å². The van der Waals surface area contributed by atoms with Crippen LogP contribution in [-0.4, -0.2) is 18.2 Å². The van der Waals surface area contributed by atoms with Crippen LogP contribution in [0.15, 0.2) is 52.3 Å². The van der Waals surface area contributed by atoms with Crippen LogP contribution in [0, 0.1) is 6.92 Å². The molecule has 0 amide bonds. The van der Waals surface area contributed by atoms with Crippen molar-refractivity contribution >= 4 is 44.5 Å². The van der Waals surface area contributed by atoms with Gasteiger partial charge < -0.3 is 11.5 Å². The van der Waals surface area contributed by atoms with E-state index in [1.54, 1.807) is 31.2 Å². The predicted molar refractivity (Wildman–Crippen MR) is 99.0 cm³/mol. The highest BCUT2D eigenvalue weighted by molar-refractivity contribution is 7.91. The molecule has 25 heavy (non-hydrogen) atoms. The van der Waals surface area contributed by atoms with Gasteiger partial charge in [0.2, 0.25) is 9.84 Å². The summed E-state index contributed by atoms with van der Waals surface area (Å²) >= 11 is 11.9. The van der Waals surface area contributed by atoms with Crippen molar-refractivity contribution in [2.24, 2.45) is 0 Å². The van der Waals surface area contributed by atoms with Crippen molar-refractivity contribution in [1.29, 1.82) is 0 Å². The maximum atomic E-state index is 13.1. The monoisotopic (exact) mass is 396 g/mol. The largest absolute Gasteiger partial charge is 0.399 e. The first-order chi connectivity index (χ1) is 11.7. The lowest BCUT2D eigenvalue weighted by Gasteiger charge is -2.09. The molecule has 0 saturated heterocycles. The minimum absolute atomic E-state index is 0.0155. The Morgan fingerprint density at radius 3 is 2.32 bits per heavy atom. The molecule has 0 aliphatic heterocycles. The van der Waals surface area contributed by atoms with Crippen molar-refractivity contribution in [3.63, 3.8) is 0 Å². The number of hydrogen-bond acceptors (Lipinski definition) is 5. The first-order valence-corrected chi connectivity index (χ1v) is 9.37. The molecule has 0 aliphatic carbocycles. The highest BCUT2D eigenvalue weighted by atomic mass is 35.5. The molecule has 130 valence electrons. The molecular weight excluding hydrogens is 383 g/mol. The van der Waals surface area contributed by atoms with E-state index < -0.39 is 9.84 Å². The lowest BCUT2D eigenvalue weighted by molar-refractivity contribution is 0.596. The summed E-state index contributed by atoms with van der Waals surface area (Å²) in [6.07, 6.45) is 0. The Kier molecular flexibility index (Phi) is 4.40. The third kappa shape index (κ3) is 3.06. The number of aromatic nitrogens is 2. The Hall–Kier alpha value is -2.22. The van der Waals surface area contributed by atoms with Crippen molar-refractivity contribution in [3.05, 3.63) is 58.2 Å². The number of benzene rings is 2. The van der Waals surface area contributed by atoms with Gasteiger partial charge in [-0.05, 0) is 49.4 Å². The molecule has 0 aliphatic rings. The first kappa shape index (κ1) is 17.6. The number of anilines is 2. The Labute approximate surface area is 154 Å². The lowest BCUT2D eigenvalue weighted by Crippen LogP contribution is -2.08. The Bertz CT molecular complexity index is 1060. The van der Waals surface area contributed by atoms with Gasteiger partial charge in [0.25, 0.3) is 0 Å². The van der Waals surface area contributed by atoms with Crippen molar-refractivity contribution in [2.45, 2.75) is 16.7 Å². The summed E-state index contributed by atoms with van der Waals surface area (Å²) in [5.41, 5.74) is 12.9. The normalized spacial score (nSPS) is 11.6. The van der Waals surface area contributed by atoms with E-state index in [0.717, 1.165) is 0 Å². The van der Waals surface area contributed by atoms with Gasteiger partial charge in [0.1, 0.15) is 10.7 Å². The van der Waals surface area contributed by atoms with Gasteiger partial charge >= 0.3 is 0 Å². The lowest BCUT2D eigenvalue weighted by atomic mass is 10.3. The number of nitrogens with two attached hydrogens (primary N) is 2. The smallest absolute Gasteiger partial charge is 0.213 e. The quantitative estimate of drug-likeness (QED) is 0.659. The molecule has 0 atom stereocenters. The minimum atomic E-state index is -4.00. The number of nitrogen functional groups attached to an aromatic ring is 2. The standard InChI is InChI=1S/C16H14Cl2N4O2S/c1-9-15(25(23,24)14-8-11(19)4-7-13(14)18)16(20)22(21-9)12-5-2-10(17)3-6-12/h2-8H,19-20H2,1H3. The summed E-state index contributed by atoms with van der Waals surface area (Å²) < 4.78 is 27.5. The van der Waals surface area contributed by atoms with Gasteiger partial charge in [-0.3, -0.25) is 0 Å². The molecule has 0 radical (unpaired) electrons. The third-order valence-electron chi connectivity index (χ3n) is 3.62. The highest BCUT2D eigenvalue weighted by Gasteiger charge is 2.29. The Balaban J connectivity index is 2.21. The average Bonchev–Trinajstić information content (AvgIpc) is 2.85. The molecule has 0 unspecified atom stereocenters. The highest BCUT2D eigenvalue weighted by Crippen LogP contribution is 2.34. The van der Waals surface area contributed by atoms with Gasteiger partial charge in [0.15, 0.2) is 0 Å². The van der Waals surface area contributed by atoms with Crippen molar-refractivity contribution in [3.8, 4) is 5.69 Å². The molecule has 2 aromatic carbocycles. The molecule has 3 rings (SSSR count). The molecule has 1 heterocycles. The topological polar surface area (TPSA) is 104 Å². The number of halogens is 2. The summed E-state index contributed by atoms with van der Waals surface area (Å²) in [5.74, 6) is -0.0155. The second-order valence-corrected chi connectivity index (χ2v) is 8.08. The summed E-state index contributed by atoms with van der Waals surface area (Å²) in [5, 5.41) is 4.86. The molecule has 0 fully saturated rings. The zero-order valence-corrected chi connectivity index (χ0v) is 15.4. The van der Waals surface area contributed by atoms with Crippen LogP contribution in [-0.2, 0) is 9.84 Å². The number of hydrogen-bond donors (Lipinski definition) is 2. The summed E-state index contributed by atoms with van der Waals surface area (Å²) in [7, 11) is -4.00. The van der Waals surface area contributed by atoms with Crippen molar-refractivity contribution in [1.82, 2.24) is 9.78 Å². The van der Waals surface area contributed by atoms with Gasteiger partial charge in [-0.15, -0.1) is 0 Å². The SMILES string of the molecule is Cc1nn(-c2ccc(Cl)cc2)c(N)c1S(=O)(=O)c1cc(N)ccc1Cl. The van der Waals surface area contributed by atoms with Crippen LogP contribution in [0.25, 0.3) is 5.69 Å². The molecule has 0 spiro atoms. The number of sulfone groups is 1. The second-order valence-electron chi connectivity index (χ2n) is 5.38.